The van der Waals surface area contributed by atoms with Crippen molar-refractivity contribution in [1.82, 2.24) is 9.71 Å². The number of nitrogens with zero attached hydrogens (tertiary/aromatic N) is 1. The molecular formula is C13H16N2O3S. The van der Waals surface area contributed by atoms with Crippen molar-refractivity contribution in [1.29, 1.82) is 0 Å². The lowest BCUT2D eigenvalue weighted by Crippen LogP contribution is -2.26. The van der Waals surface area contributed by atoms with Gasteiger partial charge in [0.2, 0.25) is 10.0 Å². The van der Waals surface area contributed by atoms with Gasteiger partial charge in [-0.25, -0.2) is 18.1 Å². The molecule has 1 aromatic heterocycles. The number of benzene rings is 1. The van der Waals surface area contributed by atoms with Gasteiger partial charge in [0.05, 0.1) is 18.0 Å². The normalized spacial score (nSPS) is 11.6. The number of oxazole rings is 1. The molecule has 102 valence electrons. The van der Waals surface area contributed by atoms with E-state index in [0.29, 0.717) is 12.1 Å². The van der Waals surface area contributed by atoms with Crippen molar-refractivity contribution in [2.75, 3.05) is 5.75 Å². The number of rotatable bonds is 7. The lowest BCUT2D eigenvalue weighted by atomic mass is 10.1. The molecule has 0 saturated heterocycles. The van der Waals surface area contributed by atoms with Gasteiger partial charge in [0.15, 0.2) is 6.39 Å². The second kappa shape index (κ2) is 6.49. The predicted molar refractivity (Wildman–Crippen MR) is 71.9 cm³/mol. The first-order chi connectivity index (χ1) is 9.16. The summed E-state index contributed by atoms with van der Waals surface area (Å²) in [6.45, 7) is 0.171. The zero-order valence-corrected chi connectivity index (χ0v) is 11.3. The van der Waals surface area contributed by atoms with Gasteiger partial charge in [-0.3, -0.25) is 0 Å². The Labute approximate surface area is 112 Å². The summed E-state index contributed by atoms with van der Waals surface area (Å²) in [5.41, 5.74) is 1.72. The summed E-state index contributed by atoms with van der Waals surface area (Å²) in [5, 5.41) is 0. The summed E-state index contributed by atoms with van der Waals surface area (Å²) >= 11 is 0. The molecule has 1 heterocycles. The van der Waals surface area contributed by atoms with Gasteiger partial charge in [-0.05, 0) is 18.4 Å². The molecule has 0 aliphatic carbocycles. The largest absolute Gasteiger partial charge is 0.451 e. The third kappa shape index (κ3) is 4.84. The first-order valence-electron chi connectivity index (χ1n) is 6.04. The maximum absolute atomic E-state index is 11.7. The summed E-state index contributed by atoms with van der Waals surface area (Å²) in [6.07, 6.45) is 4.05. The molecule has 0 aliphatic heterocycles. The van der Waals surface area contributed by atoms with E-state index in [1.54, 1.807) is 0 Å². The van der Waals surface area contributed by atoms with E-state index in [-0.39, 0.29) is 12.3 Å². The number of hydrogen-bond acceptors (Lipinski definition) is 4. The minimum Gasteiger partial charge on any atom is -0.451 e. The lowest BCUT2D eigenvalue weighted by molar-refractivity contribution is 0.555. The fourth-order valence-electron chi connectivity index (χ4n) is 1.69. The molecule has 0 radical (unpaired) electrons. The highest BCUT2D eigenvalue weighted by Crippen LogP contribution is 2.04. The SMILES string of the molecule is O=S(=O)(CCCc1ccccc1)NCc1cocn1. The van der Waals surface area contributed by atoms with Crippen LogP contribution in [0.25, 0.3) is 0 Å². The number of hydrogen-bond donors (Lipinski definition) is 1. The quantitative estimate of drug-likeness (QED) is 0.838. The Balaban J connectivity index is 1.75. The Morgan fingerprint density at radius 3 is 2.68 bits per heavy atom. The van der Waals surface area contributed by atoms with Crippen LogP contribution in [0.15, 0.2) is 47.4 Å². The van der Waals surface area contributed by atoms with Crippen LogP contribution in [0.1, 0.15) is 17.7 Å². The molecule has 0 amide bonds. The molecule has 0 fully saturated rings. The van der Waals surface area contributed by atoms with E-state index in [4.69, 9.17) is 4.42 Å². The van der Waals surface area contributed by atoms with Gasteiger partial charge in [-0.15, -0.1) is 0 Å². The third-order valence-corrected chi connectivity index (χ3v) is 4.09. The van der Waals surface area contributed by atoms with Gasteiger partial charge in [0.1, 0.15) is 6.26 Å². The molecule has 2 rings (SSSR count). The standard InChI is InChI=1S/C13H16N2O3S/c16-19(17,15-9-13-10-18-11-14-13)8-4-7-12-5-2-1-3-6-12/h1-3,5-6,10-11,15H,4,7-9H2. The Kier molecular flexibility index (Phi) is 4.70. The van der Waals surface area contributed by atoms with E-state index >= 15 is 0 Å². The molecule has 1 N–H and O–H groups in total. The second-order valence-electron chi connectivity index (χ2n) is 4.21. The van der Waals surface area contributed by atoms with Gasteiger partial charge in [-0.1, -0.05) is 30.3 Å². The zero-order valence-electron chi connectivity index (χ0n) is 10.5. The van der Waals surface area contributed by atoms with E-state index in [1.165, 1.54) is 12.7 Å². The molecule has 0 unspecified atom stereocenters. The summed E-state index contributed by atoms with van der Waals surface area (Å²) in [4.78, 5) is 3.85. The van der Waals surface area contributed by atoms with Crippen LogP contribution in [0, 0.1) is 0 Å². The Morgan fingerprint density at radius 1 is 1.21 bits per heavy atom. The molecule has 2 aromatic rings. The molecule has 0 atom stereocenters. The summed E-state index contributed by atoms with van der Waals surface area (Å²) in [7, 11) is -3.26. The van der Waals surface area contributed by atoms with Crippen LogP contribution in [0.3, 0.4) is 0 Å². The van der Waals surface area contributed by atoms with Crippen LogP contribution in [0.5, 0.6) is 0 Å². The van der Waals surface area contributed by atoms with E-state index < -0.39 is 10.0 Å². The topological polar surface area (TPSA) is 72.2 Å². The number of sulfonamides is 1. The van der Waals surface area contributed by atoms with E-state index in [0.717, 1.165) is 12.0 Å². The van der Waals surface area contributed by atoms with E-state index in [2.05, 4.69) is 9.71 Å². The number of nitrogens with one attached hydrogen (secondary N) is 1. The monoisotopic (exact) mass is 280 g/mol. The minimum absolute atomic E-state index is 0.111. The Hall–Kier alpha value is -1.66. The predicted octanol–water partition coefficient (Wildman–Crippen LogP) is 1.73. The van der Waals surface area contributed by atoms with Crippen LogP contribution in [0.2, 0.25) is 0 Å². The molecule has 0 aliphatic rings. The molecule has 0 spiro atoms. The first kappa shape index (κ1) is 13.8. The van der Waals surface area contributed by atoms with Gasteiger partial charge < -0.3 is 4.42 Å². The van der Waals surface area contributed by atoms with Crippen LogP contribution in [0.4, 0.5) is 0 Å². The average molecular weight is 280 g/mol. The fraction of sp³-hybridized carbons (Fsp3) is 0.308. The van der Waals surface area contributed by atoms with Crippen molar-refractivity contribution in [2.45, 2.75) is 19.4 Å². The summed E-state index contributed by atoms with van der Waals surface area (Å²) in [5.74, 6) is 0.111. The Morgan fingerprint density at radius 2 is 2.00 bits per heavy atom. The number of aryl methyl sites for hydroxylation is 1. The molecule has 19 heavy (non-hydrogen) atoms. The summed E-state index contributed by atoms with van der Waals surface area (Å²) < 4.78 is 30.8. The highest BCUT2D eigenvalue weighted by atomic mass is 32.2. The minimum atomic E-state index is -3.26. The van der Waals surface area contributed by atoms with Crippen molar-refractivity contribution in [3.05, 3.63) is 54.2 Å². The van der Waals surface area contributed by atoms with Gasteiger partial charge >= 0.3 is 0 Å². The van der Waals surface area contributed by atoms with E-state index in [9.17, 15) is 8.42 Å². The maximum Gasteiger partial charge on any atom is 0.211 e. The summed E-state index contributed by atoms with van der Waals surface area (Å²) in [6, 6.07) is 9.84. The van der Waals surface area contributed by atoms with Crippen LogP contribution in [-0.2, 0) is 23.0 Å². The molecular weight excluding hydrogens is 264 g/mol. The number of aromatic nitrogens is 1. The first-order valence-corrected chi connectivity index (χ1v) is 7.69. The molecule has 1 aromatic carbocycles. The molecule has 0 bridgehead atoms. The third-order valence-electron chi connectivity index (χ3n) is 2.68. The van der Waals surface area contributed by atoms with Crippen molar-refractivity contribution in [2.24, 2.45) is 0 Å². The van der Waals surface area contributed by atoms with Crippen LogP contribution < -0.4 is 4.72 Å². The molecule has 5 nitrogen and oxygen atoms in total. The van der Waals surface area contributed by atoms with Crippen LogP contribution in [-0.4, -0.2) is 19.2 Å². The van der Waals surface area contributed by atoms with Gasteiger partial charge in [-0.2, -0.15) is 0 Å². The fourth-order valence-corrected chi connectivity index (χ4v) is 2.73. The van der Waals surface area contributed by atoms with Gasteiger partial charge in [0.25, 0.3) is 0 Å². The molecule has 0 saturated carbocycles. The highest BCUT2D eigenvalue weighted by molar-refractivity contribution is 7.89. The second-order valence-corrected chi connectivity index (χ2v) is 6.14. The highest BCUT2D eigenvalue weighted by Gasteiger charge is 2.10. The van der Waals surface area contributed by atoms with Crippen molar-refractivity contribution >= 4 is 10.0 Å². The van der Waals surface area contributed by atoms with Crippen molar-refractivity contribution in [3.63, 3.8) is 0 Å². The zero-order chi connectivity index (χ0) is 13.6. The average Bonchev–Trinajstić information content (AvgIpc) is 2.91. The molecule has 6 heteroatoms. The maximum atomic E-state index is 11.7. The van der Waals surface area contributed by atoms with Crippen molar-refractivity contribution in [3.8, 4) is 0 Å². The van der Waals surface area contributed by atoms with Crippen LogP contribution >= 0.6 is 0 Å². The smallest absolute Gasteiger partial charge is 0.211 e. The lowest BCUT2D eigenvalue weighted by Gasteiger charge is -2.05. The Bertz CT molecular complexity index is 580. The van der Waals surface area contributed by atoms with E-state index in [1.807, 2.05) is 30.3 Å². The van der Waals surface area contributed by atoms with Gasteiger partial charge in [0, 0.05) is 0 Å². The van der Waals surface area contributed by atoms with Crippen molar-refractivity contribution < 1.29 is 12.8 Å².